The molecule has 0 fully saturated rings. The van der Waals surface area contributed by atoms with E-state index in [9.17, 15) is 13.2 Å². The van der Waals surface area contributed by atoms with Crippen LogP contribution in [0.2, 0.25) is 0 Å². The van der Waals surface area contributed by atoms with E-state index in [1.54, 1.807) is 25.3 Å². The predicted molar refractivity (Wildman–Crippen MR) is 79.3 cm³/mol. The number of pyridine rings is 1. The highest BCUT2D eigenvalue weighted by Gasteiger charge is 2.19. The summed E-state index contributed by atoms with van der Waals surface area (Å²) < 4.78 is 30.6. The second-order valence-corrected chi connectivity index (χ2v) is 6.42. The number of ether oxygens (including phenoxy) is 1. The van der Waals surface area contributed by atoms with E-state index in [2.05, 4.69) is 15.0 Å². The standard InChI is InChI=1S/C13H21N3O4S/c1-4-8-21(18,19)16-10(2)12(17)15-9-11-6-5-7-14-13(11)20-3/h5-7,10,16H,4,8-9H2,1-3H3,(H,15,17)/t10-/m1/s1. The Morgan fingerprint density at radius 3 is 2.81 bits per heavy atom. The zero-order valence-electron chi connectivity index (χ0n) is 12.4. The van der Waals surface area contributed by atoms with Gasteiger partial charge in [0.15, 0.2) is 0 Å². The van der Waals surface area contributed by atoms with Crippen LogP contribution in [0.1, 0.15) is 25.8 Å². The molecule has 7 nitrogen and oxygen atoms in total. The van der Waals surface area contributed by atoms with Gasteiger partial charge in [-0.25, -0.2) is 18.1 Å². The Balaban J connectivity index is 2.57. The molecule has 0 aliphatic rings. The Hall–Kier alpha value is -1.67. The molecule has 0 aliphatic carbocycles. The van der Waals surface area contributed by atoms with Crippen LogP contribution in [0, 0.1) is 0 Å². The van der Waals surface area contributed by atoms with Crippen LogP contribution in [0.15, 0.2) is 18.3 Å². The summed E-state index contributed by atoms with van der Waals surface area (Å²) in [6.07, 6.45) is 2.09. The lowest BCUT2D eigenvalue weighted by Gasteiger charge is -2.14. The van der Waals surface area contributed by atoms with Gasteiger partial charge in [-0.15, -0.1) is 0 Å². The minimum atomic E-state index is -3.42. The second-order valence-electron chi connectivity index (χ2n) is 4.55. The average molecular weight is 315 g/mol. The van der Waals surface area contributed by atoms with Crippen molar-refractivity contribution >= 4 is 15.9 Å². The van der Waals surface area contributed by atoms with Gasteiger partial charge in [0.25, 0.3) is 0 Å². The molecular formula is C13H21N3O4S. The van der Waals surface area contributed by atoms with E-state index < -0.39 is 22.0 Å². The van der Waals surface area contributed by atoms with Gasteiger partial charge in [-0.2, -0.15) is 0 Å². The minimum Gasteiger partial charge on any atom is -0.481 e. The summed E-state index contributed by atoms with van der Waals surface area (Å²) in [5, 5.41) is 2.65. The van der Waals surface area contributed by atoms with Gasteiger partial charge < -0.3 is 10.1 Å². The van der Waals surface area contributed by atoms with Crippen LogP contribution in [0.4, 0.5) is 0 Å². The van der Waals surface area contributed by atoms with E-state index in [1.807, 2.05) is 0 Å². The lowest BCUT2D eigenvalue weighted by Crippen LogP contribution is -2.45. The van der Waals surface area contributed by atoms with Crippen molar-refractivity contribution in [2.75, 3.05) is 12.9 Å². The summed E-state index contributed by atoms with van der Waals surface area (Å²) in [7, 11) is -1.92. The second kappa shape index (κ2) is 7.94. The van der Waals surface area contributed by atoms with Crippen LogP contribution in [-0.4, -0.2) is 38.2 Å². The van der Waals surface area contributed by atoms with Crippen molar-refractivity contribution in [2.24, 2.45) is 0 Å². The van der Waals surface area contributed by atoms with Crippen molar-refractivity contribution in [3.63, 3.8) is 0 Å². The number of carbonyl (C=O) groups excluding carboxylic acids is 1. The topological polar surface area (TPSA) is 97.4 Å². The van der Waals surface area contributed by atoms with Crippen molar-refractivity contribution in [1.29, 1.82) is 0 Å². The first-order valence-electron chi connectivity index (χ1n) is 6.65. The average Bonchev–Trinajstić information content (AvgIpc) is 2.44. The van der Waals surface area contributed by atoms with E-state index in [-0.39, 0.29) is 12.3 Å². The number of rotatable bonds is 8. The smallest absolute Gasteiger partial charge is 0.238 e. The fraction of sp³-hybridized carbons (Fsp3) is 0.538. The largest absolute Gasteiger partial charge is 0.481 e. The number of aromatic nitrogens is 1. The van der Waals surface area contributed by atoms with Gasteiger partial charge in [0, 0.05) is 18.3 Å². The molecule has 1 rings (SSSR count). The molecule has 0 bridgehead atoms. The SMILES string of the molecule is CCCS(=O)(=O)N[C@H](C)C(=O)NCc1cccnc1OC. The molecule has 118 valence electrons. The van der Waals surface area contributed by atoms with Crippen molar-refractivity contribution < 1.29 is 17.9 Å². The van der Waals surface area contributed by atoms with E-state index in [0.29, 0.717) is 12.3 Å². The van der Waals surface area contributed by atoms with Gasteiger partial charge in [-0.3, -0.25) is 4.79 Å². The molecule has 2 N–H and O–H groups in total. The summed E-state index contributed by atoms with van der Waals surface area (Å²) in [5.74, 6) is 0.0266. The van der Waals surface area contributed by atoms with Crippen LogP contribution >= 0.6 is 0 Å². The summed E-state index contributed by atoms with van der Waals surface area (Å²) in [6.45, 7) is 3.48. The number of hydrogen-bond donors (Lipinski definition) is 2. The van der Waals surface area contributed by atoms with Crippen LogP contribution in [0.3, 0.4) is 0 Å². The minimum absolute atomic E-state index is 0.00104. The maximum Gasteiger partial charge on any atom is 0.238 e. The van der Waals surface area contributed by atoms with E-state index >= 15 is 0 Å². The number of nitrogens with one attached hydrogen (secondary N) is 2. The van der Waals surface area contributed by atoms with Crippen molar-refractivity contribution in [3.05, 3.63) is 23.9 Å². The Kier molecular flexibility index (Phi) is 6.57. The van der Waals surface area contributed by atoms with Crippen molar-refractivity contribution in [1.82, 2.24) is 15.0 Å². The number of methoxy groups -OCH3 is 1. The molecular weight excluding hydrogens is 294 g/mol. The number of nitrogens with zero attached hydrogens (tertiary/aromatic N) is 1. The highest BCUT2D eigenvalue weighted by Crippen LogP contribution is 2.12. The van der Waals surface area contributed by atoms with Crippen molar-refractivity contribution in [2.45, 2.75) is 32.9 Å². The highest BCUT2D eigenvalue weighted by molar-refractivity contribution is 7.89. The van der Waals surface area contributed by atoms with Crippen LogP contribution < -0.4 is 14.8 Å². The summed E-state index contributed by atoms with van der Waals surface area (Å²) >= 11 is 0. The van der Waals surface area contributed by atoms with Gasteiger partial charge in [0.1, 0.15) is 0 Å². The number of sulfonamides is 1. The van der Waals surface area contributed by atoms with Gasteiger partial charge in [-0.05, 0) is 19.4 Å². The predicted octanol–water partition coefficient (Wildman–Crippen LogP) is 0.424. The fourth-order valence-corrected chi connectivity index (χ4v) is 3.03. The zero-order chi connectivity index (χ0) is 15.9. The molecule has 0 unspecified atom stereocenters. The highest BCUT2D eigenvalue weighted by atomic mass is 32.2. The summed E-state index contributed by atoms with van der Waals surface area (Å²) in [5.41, 5.74) is 0.719. The normalized spacial score (nSPS) is 12.7. The van der Waals surface area contributed by atoms with Gasteiger partial charge in [0.05, 0.1) is 18.9 Å². The molecule has 1 aromatic heterocycles. The third kappa shape index (κ3) is 5.68. The molecule has 0 aliphatic heterocycles. The molecule has 0 aromatic carbocycles. The van der Waals surface area contributed by atoms with Gasteiger partial charge in [-0.1, -0.05) is 13.0 Å². The Morgan fingerprint density at radius 1 is 1.48 bits per heavy atom. The first kappa shape index (κ1) is 17.4. The lowest BCUT2D eigenvalue weighted by molar-refractivity contribution is -0.122. The first-order chi connectivity index (χ1) is 9.89. The van der Waals surface area contributed by atoms with Crippen molar-refractivity contribution in [3.8, 4) is 5.88 Å². The summed E-state index contributed by atoms with van der Waals surface area (Å²) in [6, 6.07) is 2.68. The van der Waals surface area contributed by atoms with Crippen LogP contribution in [0.25, 0.3) is 0 Å². The number of amides is 1. The van der Waals surface area contributed by atoms with Gasteiger partial charge >= 0.3 is 0 Å². The quantitative estimate of drug-likeness (QED) is 0.725. The van der Waals surface area contributed by atoms with Crippen LogP contribution in [-0.2, 0) is 21.4 Å². The zero-order valence-corrected chi connectivity index (χ0v) is 13.2. The van der Waals surface area contributed by atoms with E-state index in [1.165, 1.54) is 14.0 Å². The summed E-state index contributed by atoms with van der Waals surface area (Å²) in [4.78, 5) is 15.9. The fourth-order valence-electron chi connectivity index (χ4n) is 1.73. The molecule has 1 atom stereocenters. The third-order valence-corrected chi connectivity index (χ3v) is 4.38. The molecule has 0 saturated carbocycles. The Morgan fingerprint density at radius 2 is 2.19 bits per heavy atom. The number of carbonyl (C=O) groups is 1. The van der Waals surface area contributed by atoms with Crippen LogP contribution in [0.5, 0.6) is 5.88 Å². The Bertz CT molecular complexity index is 575. The molecule has 1 heterocycles. The third-order valence-electron chi connectivity index (χ3n) is 2.72. The molecule has 1 aromatic rings. The first-order valence-corrected chi connectivity index (χ1v) is 8.30. The van der Waals surface area contributed by atoms with E-state index in [4.69, 9.17) is 4.74 Å². The molecule has 0 saturated heterocycles. The lowest BCUT2D eigenvalue weighted by atomic mass is 10.2. The number of hydrogen-bond acceptors (Lipinski definition) is 5. The molecule has 0 radical (unpaired) electrons. The molecule has 1 amide bonds. The maximum absolute atomic E-state index is 11.9. The maximum atomic E-state index is 11.9. The monoisotopic (exact) mass is 315 g/mol. The van der Waals surface area contributed by atoms with E-state index in [0.717, 1.165) is 5.56 Å². The molecule has 8 heteroatoms. The molecule has 21 heavy (non-hydrogen) atoms. The molecule has 0 spiro atoms. The Labute approximate surface area is 125 Å². The van der Waals surface area contributed by atoms with Gasteiger partial charge in [0.2, 0.25) is 21.8 Å².